The van der Waals surface area contributed by atoms with E-state index < -0.39 is 5.97 Å². The first kappa shape index (κ1) is 16.7. The smallest absolute Gasteiger partial charge is 0.338 e. The van der Waals surface area contributed by atoms with E-state index in [9.17, 15) is 4.79 Å². The highest BCUT2D eigenvalue weighted by molar-refractivity contribution is 5.86. The Balaban J connectivity index is 4.14. The second-order valence-corrected chi connectivity index (χ2v) is 3.60. The van der Waals surface area contributed by atoms with Crippen LogP contribution in [-0.4, -0.2) is 49.2 Å². The standard InChI is InChI=1S/C12H22O6/c1-3-4-6-17-12(10(2)11(14)15)18-9-8-16-7-5-13/h13H,3-9H2,1-2H3,(H,14,15). The summed E-state index contributed by atoms with van der Waals surface area (Å²) < 4.78 is 15.5. The minimum Gasteiger partial charge on any atom is -0.478 e. The number of carboxylic acids is 1. The zero-order chi connectivity index (χ0) is 13.8. The van der Waals surface area contributed by atoms with Crippen LogP contribution < -0.4 is 0 Å². The lowest BCUT2D eigenvalue weighted by Gasteiger charge is -2.13. The average molecular weight is 262 g/mol. The summed E-state index contributed by atoms with van der Waals surface area (Å²) in [6, 6.07) is 0. The van der Waals surface area contributed by atoms with Crippen molar-refractivity contribution in [3.63, 3.8) is 0 Å². The quantitative estimate of drug-likeness (QED) is 0.330. The van der Waals surface area contributed by atoms with E-state index in [0.29, 0.717) is 6.61 Å². The Morgan fingerprint density at radius 2 is 1.78 bits per heavy atom. The molecule has 0 saturated heterocycles. The molecule has 6 heteroatoms. The summed E-state index contributed by atoms with van der Waals surface area (Å²) in [7, 11) is 0. The van der Waals surface area contributed by atoms with Crippen LogP contribution in [-0.2, 0) is 19.0 Å². The summed E-state index contributed by atoms with van der Waals surface area (Å²) in [4.78, 5) is 10.8. The van der Waals surface area contributed by atoms with E-state index >= 15 is 0 Å². The highest BCUT2D eigenvalue weighted by atomic mass is 16.7. The van der Waals surface area contributed by atoms with Gasteiger partial charge in [0, 0.05) is 0 Å². The van der Waals surface area contributed by atoms with Gasteiger partial charge in [0.15, 0.2) is 0 Å². The van der Waals surface area contributed by atoms with Crippen LogP contribution in [0.25, 0.3) is 0 Å². The van der Waals surface area contributed by atoms with Gasteiger partial charge in [0.25, 0.3) is 5.95 Å². The van der Waals surface area contributed by atoms with Gasteiger partial charge in [-0.1, -0.05) is 13.3 Å². The Labute approximate surface area is 107 Å². The van der Waals surface area contributed by atoms with E-state index in [2.05, 4.69) is 0 Å². The second-order valence-electron chi connectivity index (χ2n) is 3.60. The molecule has 0 heterocycles. The van der Waals surface area contributed by atoms with E-state index in [1.165, 1.54) is 6.92 Å². The number of hydrogen-bond acceptors (Lipinski definition) is 5. The number of hydrogen-bond donors (Lipinski definition) is 2. The number of aliphatic hydroxyl groups is 1. The molecule has 0 aromatic rings. The normalized spacial score (nSPS) is 11.9. The highest BCUT2D eigenvalue weighted by Gasteiger charge is 2.12. The Bertz CT molecular complexity index is 261. The van der Waals surface area contributed by atoms with Crippen LogP contribution in [0.1, 0.15) is 26.7 Å². The van der Waals surface area contributed by atoms with Gasteiger partial charge in [0.1, 0.15) is 12.2 Å². The van der Waals surface area contributed by atoms with E-state index in [0.717, 1.165) is 12.8 Å². The summed E-state index contributed by atoms with van der Waals surface area (Å²) in [5.41, 5.74) is 0.0354. The Hall–Kier alpha value is -1.27. The number of unbranched alkanes of at least 4 members (excludes halogenated alkanes) is 1. The van der Waals surface area contributed by atoms with Gasteiger partial charge in [-0.3, -0.25) is 0 Å². The van der Waals surface area contributed by atoms with Crippen molar-refractivity contribution < 1.29 is 29.2 Å². The summed E-state index contributed by atoms with van der Waals surface area (Å²) in [5.74, 6) is -1.04. The lowest BCUT2D eigenvalue weighted by atomic mass is 10.3. The van der Waals surface area contributed by atoms with E-state index in [-0.39, 0.29) is 37.9 Å². The molecule has 0 amide bonds. The molecule has 2 N–H and O–H groups in total. The van der Waals surface area contributed by atoms with Crippen LogP contribution in [0, 0.1) is 0 Å². The van der Waals surface area contributed by atoms with Crippen molar-refractivity contribution in [2.45, 2.75) is 26.7 Å². The molecule has 0 fully saturated rings. The fourth-order valence-electron chi connectivity index (χ4n) is 1.01. The van der Waals surface area contributed by atoms with Crippen LogP contribution in [0.2, 0.25) is 0 Å². The molecule has 0 spiro atoms. The molecule has 0 aliphatic rings. The van der Waals surface area contributed by atoms with Gasteiger partial charge in [-0.05, 0) is 13.3 Å². The zero-order valence-corrected chi connectivity index (χ0v) is 11.0. The molecule has 0 saturated carbocycles. The molecule has 0 radical (unpaired) electrons. The van der Waals surface area contributed by atoms with Crippen LogP contribution >= 0.6 is 0 Å². The van der Waals surface area contributed by atoms with Crippen molar-refractivity contribution in [1.82, 2.24) is 0 Å². The minimum atomic E-state index is -1.07. The van der Waals surface area contributed by atoms with Gasteiger partial charge >= 0.3 is 5.97 Å². The van der Waals surface area contributed by atoms with Gasteiger partial charge in [0.05, 0.1) is 26.4 Å². The number of carbonyl (C=O) groups is 1. The molecule has 18 heavy (non-hydrogen) atoms. The van der Waals surface area contributed by atoms with Crippen molar-refractivity contribution in [2.75, 3.05) is 33.0 Å². The van der Waals surface area contributed by atoms with Crippen molar-refractivity contribution in [2.24, 2.45) is 0 Å². The average Bonchev–Trinajstić information content (AvgIpc) is 2.35. The van der Waals surface area contributed by atoms with Crippen LogP contribution in [0.3, 0.4) is 0 Å². The Morgan fingerprint density at radius 3 is 2.33 bits per heavy atom. The zero-order valence-electron chi connectivity index (χ0n) is 11.0. The molecule has 0 aliphatic carbocycles. The van der Waals surface area contributed by atoms with E-state index in [1.807, 2.05) is 6.92 Å². The molecule has 0 aliphatic heterocycles. The first-order chi connectivity index (χ1) is 8.63. The Kier molecular flexibility index (Phi) is 10.1. The summed E-state index contributed by atoms with van der Waals surface area (Å²) in [6.45, 7) is 4.51. The monoisotopic (exact) mass is 262 g/mol. The topological polar surface area (TPSA) is 85.2 Å². The number of aliphatic carboxylic acids is 1. The van der Waals surface area contributed by atoms with Crippen molar-refractivity contribution in [3.8, 4) is 0 Å². The van der Waals surface area contributed by atoms with Crippen LogP contribution in [0.5, 0.6) is 0 Å². The molecular formula is C12H22O6. The van der Waals surface area contributed by atoms with Gasteiger partial charge in [0.2, 0.25) is 0 Å². The van der Waals surface area contributed by atoms with Crippen molar-refractivity contribution >= 4 is 5.97 Å². The number of aliphatic hydroxyl groups excluding tert-OH is 1. The highest BCUT2D eigenvalue weighted by Crippen LogP contribution is 2.09. The van der Waals surface area contributed by atoms with Gasteiger partial charge in [-0.25, -0.2) is 4.79 Å². The summed E-state index contributed by atoms with van der Waals surface area (Å²) in [6.07, 6.45) is 1.79. The maximum absolute atomic E-state index is 10.8. The van der Waals surface area contributed by atoms with Gasteiger partial charge in [-0.2, -0.15) is 0 Å². The lowest BCUT2D eigenvalue weighted by molar-refractivity contribution is -0.133. The lowest BCUT2D eigenvalue weighted by Crippen LogP contribution is -2.12. The molecule has 0 atom stereocenters. The number of ether oxygens (including phenoxy) is 3. The summed E-state index contributed by atoms with van der Waals surface area (Å²) >= 11 is 0. The van der Waals surface area contributed by atoms with Crippen LogP contribution in [0.4, 0.5) is 0 Å². The molecule has 0 bridgehead atoms. The van der Waals surface area contributed by atoms with E-state index in [1.54, 1.807) is 0 Å². The molecule has 0 aromatic carbocycles. The van der Waals surface area contributed by atoms with Crippen LogP contribution in [0.15, 0.2) is 11.5 Å². The van der Waals surface area contributed by atoms with Gasteiger partial charge < -0.3 is 24.4 Å². The fraction of sp³-hybridized carbons (Fsp3) is 0.750. The minimum absolute atomic E-state index is 0.0311. The predicted molar refractivity (Wildman–Crippen MR) is 65.1 cm³/mol. The Morgan fingerprint density at radius 1 is 1.11 bits per heavy atom. The third-order valence-electron chi connectivity index (χ3n) is 2.05. The first-order valence-corrected chi connectivity index (χ1v) is 6.01. The molecule has 0 rings (SSSR count). The SMILES string of the molecule is CCCCOC(OCCOCCO)=C(C)C(=O)O. The predicted octanol–water partition coefficient (Wildman–Crippen LogP) is 1.14. The molecule has 6 nitrogen and oxygen atoms in total. The number of carboxylic acid groups (broad SMARTS) is 1. The third kappa shape index (κ3) is 7.92. The molecule has 0 aromatic heterocycles. The van der Waals surface area contributed by atoms with Gasteiger partial charge in [-0.15, -0.1) is 0 Å². The maximum atomic E-state index is 10.8. The van der Waals surface area contributed by atoms with Crippen molar-refractivity contribution in [3.05, 3.63) is 11.5 Å². The first-order valence-electron chi connectivity index (χ1n) is 6.01. The molecule has 0 unspecified atom stereocenters. The fourth-order valence-corrected chi connectivity index (χ4v) is 1.01. The maximum Gasteiger partial charge on any atom is 0.338 e. The summed E-state index contributed by atoms with van der Waals surface area (Å²) in [5, 5.41) is 17.4. The van der Waals surface area contributed by atoms with E-state index in [4.69, 9.17) is 24.4 Å². The second kappa shape index (κ2) is 10.9. The third-order valence-corrected chi connectivity index (χ3v) is 2.05. The number of rotatable bonds is 11. The molecule has 106 valence electrons. The largest absolute Gasteiger partial charge is 0.478 e. The van der Waals surface area contributed by atoms with Crippen molar-refractivity contribution in [1.29, 1.82) is 0 Å². The molecular weight excluding hydrogens is 240 g/mol.